The molecule has 1 heterocycles. The fourth-order valence-corrected chi connectivity index (χ4v) is 2.47. The van der Waals surface area contributed by atoms with Gasteiger partial charge in [-0.25, -0.2) is 0 Å². The Bertz CT molecular complexity index is 564. The Hall–Kier alpha value is -1.79. The first-order valence-electron chi connectivity index (χ1n) is 5.49. The smallest absolute Gasteiger partial charge is 0.0992 e. The lowest BCUT2D eigenvalue weighted by molar-refractivity contribution is 1.18. The van der Waals surface area contributed by atoms with Gasteiger partial charge in [-0.1, -0.05) is 6.07 Å². The first-order valence-corrected chi connectivity index (χ1v) is 6.30. The van der Waals surface area contributed by atoms with Gasteiger partial charge in [-0.15, -0.1) is 11.3 Å². The second-order valence-electron chi connectivity index (χ2n) is 4.01. The Morgan fingerprint density at radius 3 is 2.71 bits per heavy atom. The third-order valence-corrected chi connectivity index (χ3v) is 3.62. The Labute approximate surface area is 106 Å². The quantitative estimate of drug-likeness (QED) is 0.887. The molecule has 17 heavy (non-hydrogen) atoms. The molecule has 0 bridgehead atoms. The summed E-state index contributed by atoms with van der Waals surface area (Å²) in [5, 5.41) is 12.2. The summed E-state index contributed by atoms with van der Waals surface area (Å²) >= 11 is 1.80. The first kappa shape index (κ1) is 11.7. The Kier molecular flexibility index (Phi) is 3.46. The molecule has 0 spiro atoms. The van der Waals surface area contributed by atoms with Crippen LogP contribution in [0.25, 0.3) is 0 Å². The van der Waals surface area contributed by atoms with Crippen LogP contribution in [0.4, 0.5) is 5.69 Å². The van der Waals surface area contributed by atoms with Crippen molar-refractivity contribution in [3.8, 4) is 6.07 Å². The van der Waals surface area contributed by atoms with Crippen LogP contribution in [0.15, 0.2) is 30.3 Å². The summed E-state index contributed by atoms with van der Waals surface area (Å²) in [6, 6.07) is 12.1. The van der Waals surface area contributed by atoms with Crippen LogP contribution in [0.1, 0.15) is 20.9 Å². The van der Waals surface area contributed by atoms with Crippen LogP contribution < -0.4 is 5.32 Å². The molecule has 0 aliphatic heterocycles. The molecule has 0 saturated heterocycles. The van der Waals surface area contributed by atoms with Crippen LogP contribution in [-0.4, -0.2) is 0 Å². The molecule has 1 N–H and O–H groups in total. The number of hydrogen-bond donors (Lipinski definition) is 1. The van der Waals surface area contributed by atoms with E-state index in [0.717, 1.165) is 17.8 Å². The topological polar surface area (TPSA) is 35.8 Å². The van der Waals surface area contributed by atoms with E-state index in [1.807, 2.05) is 25.1 Å². The van der Waals surface area contributed by atoms with E-state index in [1.165, 1.54) is 9.75 Å². The standard InChI is InChI=1S/C14H14N2S/c1-10-3-5-12(8-15)7-14(10)16-9-13-6-4-11(2)17-13/h3-7,16H,9H2,1-2H3. The van der Waals surface area contributed by atoms with Crippen molar-refractivity contribution in [3.63, 3.8) is 0 Å². The highest BCUT2D eigenvalue weighted by atomic mass is 32.1. The van der Waals surface area contributed by atoms with E-state index in [9.17, 15) is 0 Å². The molecule has 0 aliphatic carbocycles. The van der Waals surface area contributed by atoms with Crippen molar-refractivity contribution in [2.45, 2.75) is 20.4 Å². The predicted octanol–water partition coefficient (Wildman–Crippen LogP) is 3.85. The Morgan fingerprint density at radius 1 is 1.24 bits per heavy atom. The van der Waals surface area contributed by atoms with Crippen LogP contribution in [0, 0.1) is 25.2 Å². The van der Waals surface area contributed by atoms with Crippen molar-refractivity contribution in [1.29, 1.82) is 5.26 Å². The Morgan fingerprint density at radius 2 is 2.06 bits per heavy atom. The number of nitriles is 1. The molecular formula is C14H14N2S. The van der Waals surface area contributed by atoms with Crippen LogP contribution in [0.2, 0.25) is 0 Å². The fourth-order valence-electron chi connectivity index (χ4n) is 1.64. The maximum absolute atomic E-state index is 8.87. The molecule has 1 aromatic carbocycles. The molecule has 0 fully saturated rings. The van der Waals surface area contributed by atoms with E-state index in [4.69, 9.17) is 5.26 Å². The third kappa shape index (κ3) is 2.86. The lowest BCUT2D eigenvalue weighted by Crippen LogP contribution is -1.99. The first-order chi connectivity index (χ1) is 8.19. The van der Waals surface area contributed by atoms with E-state index in [-0.39, 0.29) is 0 Å². The number of aryl methyl sites for hydroxylation is 2. The number of nitrogens with zero attached hydrogens (tertiary/aromatic N) is 1. The van der Waals surface area contributed by atoms with E-state index >= 15 is 0 Å². The highest BCUT2D eigenvalue weighted by Crippen LogP contribution is 2.20. The summed E-state index contributed by atoms with van der Waals surface area (Å²) in [6.45, 7) is 4.97. The van der Waals surface area contributed by atoms with Gasteiger partial charge in [-0.2, -0.15) is 5.26 Å². The van der Waals surface area contributed by atoms with Crippen molar-refractivity contribution in [2.24, 2.45) is 0 Å². The second-order valence-corrected chi connectivity index (χ2v) is 5.38. The van der Waals surface area contributed by atoms with E-state index in [0.29, 0.717) is 5.56 Å². The van der Waals surface area contributed by atoms with E-state index in [2.05, 4.69) is 30.4 Å². The summed E-state index contributed by atoms with van der Waals surface area (Å²) < 4.78 is 0. The van der Waals surface area contributed by atoms with E-state index in [1.54, 1.807) is 11.3 Å². The average molecular weight is 242 g/mol. The summed E-state index contributed by atoms with van der Waals surface area (Å²) in [6.07, 6.45) is 0. The lowest BCUT2D eigenvalue weighted by atomic mass is 10.1. The monoisotopic (exact) mass is 242 g/mol. The zero-order valence-electron chi connectivity index (χ0n) is 9.95. The largest absolute Gasteiger partial charge is 0.380 e. The minimum absolute atomic E-state index is 0.695. The van der Waals surface area contributed by atoms with Gasteiger partial charge in [0, 0.05) is 22.0 Å². The third-order valence-electron chi connectivity index (χ3n) is 2.62. The molecular weight excluding hydrogens is 228 g/mol. The van der Waals surface area contributed by atoms with Crippen LogP contribution in [0.3, 0.4) is 0 Å². The fraction of sp³-hybridized carbons (Fsp3) is 0.214. The molecule has 0 radical (unpaired) electrons. The van der Waals surface area contributed by atoms with Gasteiger partial charge in [0.25, 0.3) is 0 Å². The predicted molar refractivity (Wildman–Crippen MR) is 72.3 cm³/mol. The van der Waals surface area contributed by atoms with Crippen molar-refractivity contribution in [2.75, 3.05) is 5.32 Å². The number of benzene rings is 1. The molecule has 2 rings (SSSR count). The number of hydrogen-bond acceptors (Lipinski definition) is 3. The van der Waals surface area contributed by atoms with Gasteiger partial charge in [0.1, 0.15) is 0 Å². The van der Waals surface area contributed by atoms with Gasteiger partial charge < -0.3 is 5.32 Å². The average Bonchev–Trinajstić information content (AvgIpc) is 2.74. The molecule has 3 heteroatoms. The van der Waals surface area contributed by atoms with E-state index < -0.39 is 0 Å². The number of thiophene rings is 1. The van der Waals surface area contributed by atoms with Crippen LogP contribution in [-0.2, 0) is 6.54 Å². The molecule has 0 amide bonds. The number of rotatable bonds is 3. The van der Waals surface area contributed by atoms with Crippen molar-refractivity contribution < 1.29 is 0 Å². The van der Waals surface area contributed by atoms with Crippen LogP contribution in [0.5, 0.6) is 0 Å². The summed E-state index contributed by atoms with van der Waals surface area (Å²) in [5.41, 5.74) is 2.90. The molecule has 1 aromatic heterocycles. The Balaban J connectivity index is 2.11. The minimum atomic E-state index is 0.695. The van der Waals surface area contributed by atoms with Gasteiger partial charge in [0.2, 0.25) is 0 Å². The van der Waals surface area contributed by atoms with Gasteiger partial charge in [-0.3, -0.25) is 0 Å². The van der Waals surface area contributed by atoms with Gasteiger partial charge in [-0.05, 0) is 43.7 Å². The molecule has 2 aromatic rings. The SMILES string of the molecule is Cc1ccc(CNc2cc(C#N)ccc2C)s1. The minimum Gasteiger partial charge on any atom is -0.380 e. The lowest BCUT2D eigenvalue weighted by Gasteiger charge is -2.08. The zero-order valence-corrected chi connectivity index (χ0v) is 10.8. The van der Waals surface area contributed by atoms with Gasteiger partial charge in [0.05, 0.1) is 11.6 Å². The highest BCUT2D eigenvalue weighted by molar-refractivity contribution is 7.11. The molecule has 2 nitrogen and oxygen atoms in total. The summed E-state index contributed by atoms with van der Waals surface area (Å²) in [7, 11) is 0. The van der Waals surface area contributed by atoms with Crippen molar-refractivity contribution >= 4 is 17.0 Å². The maximum atomic E-state index is 8.87. The zero-order chi connectivity index (χ0) is 12.3. The molecule has 0 unspecified atom stereocenters. The van der Waals surface area contributed by atoms with Crippen LogP contribution >= 0.6 is 11.3 Å². The van der Waals surface area contributed by atoms with Gasteiger partial charge >= 0.3 is 0 Å². The second kappa shape index (κ2) is 5.03. The normalized spacial score (nSPS) is 9.94. The number of anilines is 1. The highest BCUT2D eigenvalue weighted by Gasteiger charge is 2.01. The summed E-state index contributed by atoms with van der Waals surface area (Å²) in [4.78, 5) is 2.63. The number of nitrogens with one attached hydrogen (secondary N) is 1. The molecule has 0 saturated carbocycles. The van der Waals surface area contributed by atoms with Crippen molar-refractivity contribution in [3.05, 3.63) is 51.2 Å². The maximum Gasteiger partial charge on any atom is 0.0992 e. The van der Waals surface area contributed by atoms with Crippen molar-refractivity contribution in [1.82, 2.24) is 0 Å². The summed E-state index contributed by atoms with van der Waals surface area (Å²) in [5.74, 6) is 0. The molecule has 0 atom stereocenters. The molecule has 0 aliphatic rings. The molecule has 86 valence electrons. The van der Waals surface area contributed by atoms with Gasteiger partial charge in [0.15, 0.2) is 0 Å².